The molecule has 1 saturated carbocycles. The molecule has 3 unspecified atom stereocenters. The Bertz CT molecular complexity index is 398. The number of hydrogen-bond acceptors (Lipinski definition) is 3. The highest BCUT2D eigenvalue weighted by molar-refractivity contribution is 6.29. The van der Waals surface area contributed by atoms with Crippen molar-refractivity contribution in [3.63, 3.8) is 0 Å². The highest BCUT2D eigenvalue weighted by atomic mass is 35.5. The van der Waals surface area contributed by atoms with Gasteiger partial charge in [0.2, 0.25) is 0 Å². The average molecular weight is 239 g/mol. The molecule has 3 atom stereocenters. The molecule has 1 N–H and O–H groups in total. The van der Waals surface area contributed by atoms with Gasteiger partial charge >= 0.3 is 0 Å². The predicted octanol–water partition coefficient (Wildman–Crippen LogP) is 1.94. The largest absolute Gasteiger partial charge is 0.393 e. The van der Waals surface area contributed by atoms with Gasteiger partial charge in [0.1, 0.15) is 5.15 Å². The number of aromatic nitrogens is 1. The maximum Gasteiger partial charge on any atom is 0.131 e. The van der Waals surface area contributed by atoms with E-state index in [1.165, 1.54) is 0 Å². The van der Waals surface area contributed by atoms with Crippen LogP contribution in [0.2, 0.25) is 5.15 Å². The van der Waals surface area contributed by atoms with Crippen molar-refractivity contribution in [2.75, 3.05) is 18.0 Å². The van der Waals surface area contributed by atoms with Crippen LogP contribution in [0.5, 0.6) is 0 Å². The summed E-state index contributed by atoms with van der Waals surface area (Å²) in [5, 5.41) is 10.4. The first-order valence-corrected chi connectivity index (χ1v) is 6.16. The topological polar surface area (TPSA) is 36.4 Å². The summed E-state index contributed by atoms with van der Waals surface area (Å²) in [6.07, 6.45) is 3.76. The van der Waals surface area contributed by atoms with E-state index in [0.29, 0.717) is 17.0 Å². The summed E-state index contributed by atoms with van der Waals surface area (Å²) >= 11 is 5.89. The highest BCUT2D eigenvalue weighted by Gasteiger charge is 2.41. The van der Waals surface area contributed by atoms with Crippen LogP contribution in [0.4, 0.5) is 5.69 Å². The maximum absolute atomic E-state index is 9.85. The second kappa shape index (κ2) is 3.90. The number of anilines is 1. The fraction of sp³-hybridized carbons (Fsp3) is 0.583. The van der Waals surface area contributed by atoms with E-state index < -0.39 is 0 Å². The van der Waals surface area contributed by atoms with Crippen molar-refractivity contribution in [1.82, 2.24) is 4.98 Å². The van der Waals surface area contributed by atoms with Crippen LogP contribution < -0.4 is 4.90 Å². The molecule has 2 aliphatic rings. The van der Waals surface area contributed by atoms with E-state index in [1.807, 2.05) is 12.1 Å². The Kier molecular flexibility index (Phi) is 2.52. The standard InChI is InChI=1S/C12H15ClN2O/c13-12-5-9(3-4-14-12)15-6-8-1-2-11(16)10(8)7-15/h3-5,8,10-11,16H,1-2,6-7H2. The summed E-state index contributed by atoms with van der Waals surface area (Å²) in [4.78, 5) is 6.30. The molecule has 2 heterocycles. The lowest BCUT2D eigenvalue weighted by Gasteiger charge is -2.20. The zero-order valence-electron chi connectivity index (χ0n) is 9.01. The van der Waals surface area contributed by atoms with Crippen molar-refractivity contribution in [1.29, 1.82) is 0 Å². The fourth-order valence-corrected chi connectivity index (χ4v) is 3.20. The quantitative estimate of drug-likeness (QED) is 0.760. The first kappa shape index (κ1) is 10.4. The van der Waals surface area contributed by atoms with E-state index >= 15 is 0 Å². The zero-order chi connectivity index (χ0) is 11.1. The van der Waals surface area contributed by atoms with Gasteiger partial charge in [-0.1, -0.05) is 11.6 Å². The lowest BCUT2D eigenvalue weighted by molar-refractivity contribution is 0.133. The van der Waals surface area contributed by atoms with Gasteiger partial charge in [0.05, 0.1) is 6.10 Å². The number of halogens is 1. The summed E-state index contributed by atoms with van der Waals surface area (Å²) in [6, 6.07) is 3.88. The van der Waals surface area contributed by atoms with Crippen LogP contribution in [-0.4, -0.2) is 29.3 Å². The zero-order valence-corrected chi connectivity index (χ0v) is 9.77. The SMILES string of the molecule is OC1CCC2CN(c3ccnc(Cl)c3)CC12. The predicted molar refractivity (Wildman–Crippen MR) is 63.7 cm³/mol. The van der Waals surface area contributed by atoms with Crippen molar-refractivity contribution in [3.8, 4) is 0 Å². The Morgan fingerprint density at radius 1 is 1.38 bits per heavy atom. The smallest absolute Gasteiger partial charge is 0.131 e. The van der Waals surface area contributed by atoms with Gasteiger partial charge in [0, 0.05) is 30.9 Å². The van der Waals surface area contributed by atoms with Crippen LogP contribution in [0.15, 0.2) is 18.3 Å². The Morgan fingerprint density at radius 2 is 2.25 bits per heavy atom. The number of aliphatic hydroxyl groups excluding tert-OH is 1. The second-order valence-corrected chi connectivity index (χ2v) is 5.20. The molecule has 0 amide bonds. The molecule has 1 aliphatic heterocycles. The van der Waals surface area contributed by atoms with Gasteiger partial charge in [-0.2, -0.15) is 0 Å². The number of pyridine rings is 1. The minimum atomic E-state index is -0.104. The normalized spacial score (nSPS) is 33.1. The summed E-state index contributed by atoms with van der Waals surface area (Å²) in [5.41, 5.74) is 1.13. The molecule has 0 aromatic carbocycles. The van der Waals surface area contributed by atoms with Crippen LogP contribution in [0.25, 0.3) is 0 Å². The molecule has 86 valence electrons. The summed E-state index contributed by atoms with van der Waals surface area (Å²) in [6.45, 7) is 1.99. The van der Waals surface area contributed by atoms with E-state index in [0.717, 1.165) is 31.6 Å². The molecule has 4 heteroatoms. The molecule has 1 aromatic rings. The summed E-state index contributed by atoms with van der Waals surface area (Å²) in [7, 11) is 0. The van der Waals surface area contributed by atoms with Crippen LogP contribution >= 0.6 is 11.6 Å². The molecule has 16 heavy (non-hydrogen) atoms. The Morgan fingerprint density at radius 3 is 3.00 bits per heavy atom. The lowest BCUT2D eigenvalue weighted by atomic mass is 10.00. The Hall–Kier alpha value is -0.800. The molecule has 1 aromatic heterocycles. The third-order valence-electron chi connectivity index (χ3n) is 3.89. The molecule has 0 spiro atoms. The number of aliphatic hydroxyl groups is 1. The summed E-state index contributed by atoms with van der Waals surface area (Å²) in [5.74, 6) is 1.11. The molecule has 0 radical (unpaired) electrons. The van der Waals surface area contributed by atoms with Gasteiger partial charge in [0.15, 0.2) is 0 Å². The van der Waals surface area contributed by atoms with Crippen molar-refractivity contribution in [2.45, 2.75) is 18.9 Å². The van der Waals surface area contributed by atoms with Crippen molar-refractivity contribution >= 4 is 17.3 Å². The molecule has 1 aliphatic carbocycles. The van der Waals surface area contributed by atoms with Crippen LogP contribution in [0, 0.1) is 11.8 Å². The third kappa shape index (κ3) is 1.68. The molecule has 1 saturated heterocycles. The number of nitrogens with zero attached hydrogens (tertiary/aromatic N) is 2. The number of fused-ring (bicyclic) bond motifs is 1. The maximum atomic E-state index is 9.85. The van der Waals surface area contributed by atoms with Crippen LogP contribution in [0.3, 0.4) is 0 Å². The monoisotopic (exact) mass is 238 g/mol. The molecule has 2 fully saturated rings. The Labute approximate surface area is 100 Å². The van der Waals surface area contributed by atoms with Gasteiger partial charge < -0.3 is 10.0 Å². The van der Waals surface area contributed by atoms with Crippen molar-refractivity contribution in [3.05, 3.63) is 23.5 Å². The minimum Gasteiger partial charge on any atom is -0.393 e. The van der Waals surface area contributed by atoms with Gasteiger partial charge in [0.25, 0.3) is 0 Å². The number of rotatable bonds is 1. The second-order valence-electron chi connectivity index (χ2n) is 4.81. The molecule has 0 bridgehead atoms. The van der Waals surface area contributed by atoms with E-state index in [1.54, 1.807) is 6.20 Å². The van der Waals surface area contributed by atoms with E-state index in [9.17, 15) is 5.11 Å². The van der Waals surface area contributed by atoms with Gasteiger partial charge in [-0.05, 0) is 30.9 Å². The van der Waals surface area contributed by atoms with E-state index in [4.69, 9.17) is 11.6 Å². The molecule has 3 rings (SSSR count). The van der Waals surface area contributed by atoms with E-state index in [2.05, 4.69) is 9.88 Å². The van der Waals surface area contributed by atoms with Crippen molar-refractivity contribution < 1.29 is 5.11 Å². The minimum absolute atomic E-state index is 0.104. The molecular weight excluding hydrogens is 224 g/mol. The van der Waals surface area contributed by atoms with Gasteiger partial charge in [-0.3, -0.25) is 0 Å². The molecule has 3 nitrogen and oxygen atoms in total. The Balaban J connectivity index is 1.79. The summed E-state index contributed by atoms with van der Waals surface area (Å²) < 4.78 is 0. The first-order chi connectivity index (χ1) is 7.74. The first-order valence-electron chi connectivity index (χ1n) is 5.78. The average Bonchev–Trinajstić information content (AvgIpc) is 2.81. The molecular formula is C12H15ClN2O. The van der Waals surface area contributed by atoms with Gasteiger partial charge in [-0.15, -0.1) is 0 Å². The number of hydrogen-bond donors (Lipinski definition) is 1. The lowest BCUT2D eigenvalue weighted by Crippen LogP contribution is -2.24. The fourth-order valence-electron chi connectivity index (χ4n) is 3.04. The van der Waals surface area contributed by atoms with Crippen LogP contribution in [0.1, 0.15) is 12.8 Å². The third-order valence-corrected chi connectivity index (χ3v) is 4.10. The van der Waals surface area contributed by atoms with Crippen LogP contribution in [-0.2, 0) is 0 Å². The van der Waals surface area contributed by atoms with Gasteiger partial charge in [-0.25, -0.2) is 4.98 Å². The van der Waals surface area contributed by atoms with Crippen molar-refractivity contribution in [2.24, 2.45) is 11.8 Å². The van der Waals surface area contributed by atoms with E-state index in [-0.39, 0.29) is 6.10 Å². The highest BCUT2D eigenvalue weighted by Crippen LogP contribution is 2.39.